The molecule has 1 amide bonds. The molecule has 6 heteroatoms. The molecular weight excluding hydrogens is 386 g/mol. The van der Waals surface area contributed by atoms with E-state index in [9.17, 15) is 10.1 Å². The minimum absolute atomic E-state index is 0.0956. The van der Waals surface area contributed by atoms with Crippen LogP contribution in [0.15, 0.2) is 70.1 Å². The summed E-state index contributed by atoms with van der Waals surface area (Å²) in [5.74, 6) is 0.725. The van der Waals surface area contributed by atoms with E-state index in [1.54, 1.807) is 28.4 Å². The molecule has 0 aromatic heterocycles. The Morgan fingerprint density at radius 2 is 1.93 bits per heavy atom. The van der Waals surface area contributed by atoms with Gasteiger partial charge in [0, 0.05) is 23.8 Å². The van der Waals surface area contributed by atoms with Crippen molar-refractivity contribution in [1.29, 1.82) is 5.26 Å². The molecule has 4 rings (SSSR count). The van der Waals surface area contributed by atoms with Gasteiger partial charge in [-0.15, -0.1) is 11.8 Å². The third kappa shape index (κ3) is 3.83. The van der Waals surface area contributed by atoms with Crippen molar-refractivity contribution in [3.05, 3.63) is 76.3 Å². The van der Waals surface area contributed by atoms with Gasteiger partial charge in [0.15, 0.2) is 0 Å². The van der Waals surface area contributed by atoms with Crippen molar-refractivity contribution in [2.45, 2.75) is 23.8 Å². The van der Waals surface area contributed by atoms with Crippen LogP contribution in [0.4, 0.5) is 0 Å². The topological polar surface area (TPSA) is 47.3 Å². The minimum Gasteiger partial charge on any atom is -0.292 e. The predicted octanol–water partition coefficient (Wildman–Crippen LogP) is 4.62. The van der Waals surface area contributed by atoms with Gasteiger partial charge in [-0.05, 0) is 29.5 Å². The fourth-order valence-corrected chi connectivity index (χ4v) is 5.22. The number of allylic oxidation sites excluding steroid dienone is 1. The van der Waals surface area contributed by atoms with Crippen molar-refractivity contribution in [2.75, 3.05) is 18.8 Å². The van der Waals surface area contributed by atoms with Gasteiger partial charge in [-0.2, -0.15) is 5.26 Å². The third-order valence-electron chi connectivity index (χ3n) is 5.12. The van der Waals surface area contributed by atoms with E-state index in [0.29, 0.717) is 13.1 Å². The number of carbonyl (C=O) groups is 1. The van der Waals surface area contributed by atoms with Crippen LogP contribution in [-0.2, 0) is 11.3 Å². The quantitative estimate of drug-likeness (QED) is 0.692. The van der Waals surface area contributed by atoms with Crippen molar-refractivity contribution >= 4 is 29.4 Å². The van der Waals surface area contributed by atoms with Gasteiger partial charge in [-0.1, -0.05) is 54.2 Å². The smallest absolute Gasteiger partial charge is 0.229 e. The zero-order valence-electron chi connectivity index (χ0n) is 15.7. The van der Waals surface area contributed by atoms with Gasteiger partial charge < -0.3 is 0 Å². The molecule has 1 fully saturated rings. The number of nitrogens with zero attached hydrogens (tertiary/aromatic N) is 3. The van der Waals surface area contributed by atoms with Crippen LogP contribution in [0.25, 0.3) is 0 Å². The fraction of sp³-hybridized carbons (Fsp3) is 0.273. The molecule has 0 N–H and O–H groups in total. The SMILES string of the molecule is CSc1ccc([C@@H]2CC(=O)N3CN(Cc4ccccc4)CSC3=C2C#N)cc1. The lowest BCUT2D eigenvalue weighted by atomic mass is 9.86. The van der Waals surface area contributed by atoms with Crippen LogP contribution in [0.3, 0.4) is 0 Å². The van der Waals surface area contributed by atoms with Crippen molar-refractivity contribution in [2.24, 2.45) is 0 Å². The summed E-state index contributed by atoms with van der Waals surface area (Å²) in [4.78, 5) is 18.1. The van der Waals surface area contributed by atoms with E-state index in [4.69, 9.17) is 0 Å². The molecule has 142 valence electrons. The van der Waals surface area contributed by atoms with Crippen LogP contribution in [0.2, 0.25) is 0 Å². The predicted molar refractivity (Wildman–Crippen MR) is 114 cm³/mol. The van der Waals surface area contributed by atoms with E-state index < -0.39 is 0 Å². The number of benzene rings is 2. The van der Waals surface area contributed by atoms with Gasteiger partial charge >= 0.3 is 0 Å². The maximum absolute atomic E-state index is 12.9. The highest BCUT2D eigenvalue weighted by Gasteiger charge is 2.38. The molecule has 2 aliphatic rings. The van der Waals surface area contributed by atoms with E-state index in [1.807, 2.05) is 36.6 Å². The lowest BCUT2D eigenvalue weighted by Crippen LogP contribution is -2.46. The van der Waals surface area contributed by atoms with E-state index >= 15 is 0 Å². The largest absolute Gasteiger partial charge is 0.292 e. The Labute approximate surface area is 174 Å². The molecule has 0 saturated carbocycles. The Hall–Kier alpha value is -2.20. The van der Waals surface area contributed by atoms with Crippen LogP contribution in [0, 0.1) is 11.3 Å². The average molecular weight is 408 g/mol. The van der Waals surface area contributed by atoms with Gasteiger partial charge in [0.2, 0.25) is 5.91 Å². The lowest BCUT2D eigenvalue weighted by Gasteiger charge is -2.41. The van der Waals surface area contributed by atoms with E-state index in [1.165, 1.54) is 10.5 Å². The molecule has 2 aromatic carbocycles. The van der Waals surface area contributed by atoms with Crippen molar-refractivity contribution in [3.8, 4) is 6.07 Å². The maximum atomic E-state index is 12.9. The third-order valence-corrected chi connectivity index (χ3v) is 7.07. The van der Waals surface area contributed by atoms with Crippen molar-refractivity contribution < 1.29 is 4.79 Å². The Balaban J connectivity index is 1.58. The van der Waals surface area contributed by atoms with Crippen molar-refractivity contribution in [3.63, 3.8) is 0 Å². The van der Waals surface area contributed by atoms with Crippen LogP contribution in [0.1, 0.15) is 23.5 Å². The molecule has 2 heterocycles. The van der Waals surface area contributed by atoms with Crippen LogP contribution < -0.4 is 0 Å². The Bertz CT molecular complexity index is 935. The average Bonchev–Trinajstić information content (AvgIpc) is 2.75. The summed E-state index contributed by atoms with van der Waals surface area (Å²) >= 11 is 3.29. The molecule has 2 aliphatic heterocycles. The lowest BCUT2D eigenvalue weighted by molar-refractivity contribution is -0.131. The Morgan fingerprint density at radius 3 is 2.61 bits per heavy atom. The number of hydrogen-bond acceptors (Lipinski definition) is 5. The van der Waals surface area contributed by atoms with Gasteiger partial charge in [-0.3, -0.25) is 14.6 Å². The normalized spacial score (nSPS) is 20.1. The number of hydrogen-bond donors (Lipinski definition) is 0. The molecule has 4 nitrogen and oxygen atoms in total. The minimum atomic E-state index is -0.146. The number of nitriles is 1. The first kappa shape index (κ1) is 19.1. The highest BCUT2D eigenvalue weighted by Crippen LogP contribution is 2.42. The number of fused-ring (bicyclic) bond motifs is 1. The second-order valence-electron chi connectivity index (χ2n) is 6.91. The van der Waals surface area contributed by atoms with Crippen LogP contribution in [-0.4, -0.2) is 34.5 Å². The van der Waals surface area contributed by atoms with Crippen LogP contribution in [0.5, 0.6) is 0 Å². The van der Waals surface area contributed by atoms with Gasteiger partial charge in [0.25, 0.3) is 0 Å². The van der Waals surface area contributed by atoms with Crippen molar-refractivity contribution in [1.82, 2.24) is 9.80 Å². The highest BCUT2D eigenvalue weighted by molar-refractivity contribution is 8.03. The maximum Gasteiger partial charge on any atom is 0.229 e. The second-order valence-corrected chi connectivity index (χ2v) is 8.72. The van der Waals surface area contributed by atoms with Gasteiger partial charge in [-0.25, -0.2) is 0 Å². The molecule has 0 radical (unpaired) electrons. The molecule has 0 bridgehead atoms. The van der Waals surface area contributed by atoms with Gasteiger partial charge in [0.05, 0.1) is 29.2 Å². The molecule has 0 aliphatic carbocycles. The van der Waals surface area contributed by atoms with E-state index in [2.05, 4.69) is 35.2 Å². The standard InChI is InChI=1S/C22H21N3OS2/c1-27-18-9-7-17(8-10-18)19-11-21(26)25-14-24(13-16-5-3-2-4-6-16)15-28-22(25)20(19)12-23/h2-10,19H,11,13-15H2,1H3/t19-/m0/s1. The van der Waals surface area contributed by atoms with E-state index in [-0.39, 0.29) is 11.8 Å². The summed E-state index contributed by atoms with van der Waals surface area (Å²) in [5, 5.41) is 10.7. The first-order chi connectivity index (χ1) is 13.7. The molecule has 0 unspecified atom stereocenters. The zero-order valence-corrected chi connectivity index (χ0v) is 17.3. The molecule has 1 atom stereocenters. The molecule has 28 heavy (non-hydrogen) atoms. The summed E-state index contributed by atoms with van der Waals surface area (Å²) in [5.41, 5.74) is 3.00. The summed E-state index contributed by atoms with van der Waals surface area (Å²) in [6, 6.07) is 20.9. The molecule has 1 saturated heterocycles. The van der Waals surface area contributed by atoms with E-state index in [0.717, 1.165) is 28.6 Å². The van der Waals surface area contributed by atoms with Gasteiger partial charge in [0.1, 0.15) is 0 Å². The molecular formula is C22H21N3OS2. The molecule has 2 aromatic rings. The monoisotopic (exact) mass is 407 g/mol. The first-order valence-electron chi connectivity index (χ1n) is 9.17. The second kappa shape index (κ2) is 8.44. The Kier molecular flexibility index (Phi) is 5.77. The summed E-state index contributed by atoms with van der Waals surface area (Å²) in [7, 11) is 0. The van der Waals surface area contributed by atoms with Crippen LogP contribution >= 0.6 is 23.5 Å². The number of carbonyl (C=O) groups excluding carboxylic acids is 1. The first-order valence-corrected chi connectivity index (χ1v) is 11.4. The number of rotatable bonds is 4. The number of thioether (sulfide) groups is 2. The zero-order chi connectivity index (χ0) is 19.5. The molecule has 0 spiro atoms. The Morgan fingerprint density at radius 1 is 1.18 bits per heavy atom. The number of amides is 1. The summed E-state index contributed by atoms with van der Waals surface area (Å²) < 4.78 is 0. The fourth-order valence-electron chi connectivity index (χ4n) is 3.67. The summed E-state index contributed by atoms with van der Waals surface area (Å²) in [6.07, 6.45) is 2.39. The summed E-state index contributed by atoms with van der Waals surface area (Å²) in [6.45, 7) is 1.34. The highest BCUT2D eigenvalue weighted by atomic mass is 32.2.